The number of hydrogen-bond donors (Lipinski definition) is 1. The summed E-state index contributed by atoms with van der Waals surface area (Å²) in [6.45, 7) is 2.00. The van der Waals surface area contributed by atoms with Gasteiger partial charge in [0.1, 0.15) is 0 Å². The van der Waals surface area contributed by atoms with Gasteiger partial charge in [-0.2, -0.15) is 5.10 Å². The normalized spacial score (nSPS) is 13.3. The quantitative estimate of drug-likeness (QED) is 0.907. The van der Waals surface area contributed by atoms with Crippen LogP contribution in [-0.4, -0.2) is 15.8 Å². The van der Waals surface area contributed by atoms with Crippen molar-refractivity contribution in [3.63, 3.8) is 0 Å². The number of fused-ring (bicyclic) bond motifs is 1. The second-order valence-electron chi connectivity index (χ2n) is 3.91. The van der Waals surface area contributed by atoms with Crippen molar-refractivity contribution in [2.75, 3.05) is 0 Å². The Morgan fingerprint density at radius 1 is 1.53 bits per heavy atom. The summed E-state index contributed by atoms with van der Waals surface area (Å²) < 4.78 is 2.97. The van der Waals surface area contributed by atoms with E-state index in [-0.39, 0.29) is 6.04 Å². The smallest absolute Gasteiger partial charge is 0.0718 e. The van der Waals surface area contributed by atoms with Gasteiger partial charge in [0, 0.05) is 29.4 Å². The molecule has 2 rings (SSSR count). The van der Waals surface area contributed by atoms with E-state index in [4.69, 9.17) is 5.73 Å². The third-order valence-electron chi connectivity index (χ3n) is 2.41. The summed E-state index contributed by atoms with van der Waals surface area (Å²) in [5, 5.41) is 5.68. The first kappa shape index (κ1) is 10.6. The summed E-state index contributed by atoms with van der Waals surface area (Å²) in [7, 11) is 1.96. The van der Waals surface area contributed by atoms with Crippen LogP contribution >= 0.6 is 15.9 Å². The van der Waals surface area contributed by atoms with Crippen molar-refractivity contribution in [1.29, 1.82) is 0 Å². The van der Waals surface area contributed by atoms with Gasteiger partial charge in [0.25, 0.3) is 0 Å². The predicted octanol–water partition coefficient (Wildman–Crippen LogP) is 2.23. The van der Waals surface area contributed by atoms with Crippen LogP contribution in [0.3, 0.4) is 0 Å². The summed E-state index contributed by atoms with van der Waals surface area (Å²) in [4.78, 5) is 0. The zero-order valence-corrected chi connectivity index (χ0v) is 10.5. The van der Waals surface area contributed by atoms with E-state index in [1.807, 2.05) is 24.7 Å². The van der Waals surface area contributed by atoms with E-state index >= 15 is 0 Å². The molecule has 0 aliphatic rings. The Morgan fingerprint density at radius 2 is 2.27 bits per heavy atom. The van der Waals surface area contributed by atoms with E-state index in [0.29, 0.717) is 0 Å². The molecule has 1 aromatic heterocycles. The van der Waals surface area contributed by atoms with Crippen LogP contribution in [0.4, 0.5) is 0 Å². The highest BCUT2D eigenvalue weighted by Gasteiger charge is 2.09. The second-order valence-corrected chi connectivity index (χ2v) is 4.83. The summed E-state index contributed by atoms with van der Waals surface area (Å²) >= 11 is 3.46. The zero-order chi connectivity index (χ0) is 11.0. The van der Waals surface area contributed by atoms with Crippen LogP contribution < -0.4 is 5.73 Å². The molecule has 1 atom stereocenters. The molecule has 0 spiro atoms. The Hall–Kier alpha value is -0.870. The fraction of sp³-hybridized carbons (Fsp3) is 0.364. The Kier molecular flexibility index (Phi) is 2.80. The number of nitrogens with two attached hydrogens (primary N) is 1. The van der Waals surface area contributed by atoms with E-state index in [1.54, 1.807) is 0 Å². The highest BCUT2D eigenvalue weighted by molar-refractivity contribution is 9.10. The van der Waals surface area contributed by atoms with Gasteiger partial charge in [0.15, 0.2) is 0 Å². The lowest BCUT2D eigenvalue weighted by molar-refractivity contribution is 0.693. The minimum absolute atomic E-state index is 0.145. The SMILES string of the molecule is CC(N)Cc1nn(C)c2cc(Br)ccc12. The lowest BCUT2D eigenvalue weighted by Gasteiger charge is -2.01. The molecule has 0 radical (unpaired) electrons. The minimum Gasteiger partial charge on any atom is -0.328 e. The average Bonchev–Trinajstić information content (AvgIpc) is 2.42. The molecule has 0 saturated carbocycles. The average molecular weight is 268 g/mol. The molecule has 80 valence electrons. The number of aryl methyl sites for hydroxylation is 1. The van der Waals surface area contributed by atoms with Crippen molar-refractivity contribution in [3.05, 3.63) is 28.4 Å². The van der Waals surface area contributed by atoms with Gasteiger partial charge in [-0.3, -0.25) is 4.68 Å². The number of halogens is 1. The fourth-order valence-corrected chi connectivity index (χ4v) is 2.11. The van der Waals surface area contributed by atoms with Gasteiger partial charge in [-0.15, -0.1) is 0 Å². The van der Waals surface area contributed by atoms with Gasteiger partial charge in [-0.05, 0) is 25.1 Å². The molecule has 0 amide bonds. The molecule has 0 aliphatic heterocycles. The van der Waals surface area contributed by atoms with Crippen LogP contribution in [0.1, 0.15) is 12.6 Å². The summed E-state index contributed by atoms with van der Waals surface area (Å²) in [6.07, 6.45) is 0.818. The van der Waals surface area contributed by atoms with Crippen LogP contribution in [0.5, 0.6) is 0 Å². The molecule has 1 aromatic carbocycles. The van der Waals surface area contributed by atoms with Crippen molar-refractivity contribution in [1.82, 2.24) is 9.78 Å². The first-order chi connectivity index (χ1) is 7.08. The first-order valence-electron chi connectivity index (χ1n) is 4.94. The maximum atomic E-state index is 5.80. The first-order valence-corrected chi connectivity index (χ1v) is 5.74. The molecular formula is C11H14BrN3. The fourth-order valence-electron chi connectivity index (χ4n) is 1.76. The van der Waals surface area contributed by atoms with Gasteiger partial charge in [-0.25, -0.2) is 0 Å². The molecule has 1 unspecified atom stereocenters. The summed E-state index contributed by atoms with van der Waals surface area (Å²) in [5.74, 6) is 0. The summed E-state index contributed by atoms with van der Waals surface area (Å²) in [6, 6.07) is 6.35. The number of hydrogen-bond acceptors (Lipinski definition) is 2. The van der Waals surface area contributed by atoms with E-state index in [2.05, 4.69) is 33.2 Å². The largest absolute Gasteiger partial charge is 0.328 e. The van der Waals surface area contributed by atoms with E-state index < -0.39 is 0 Å². The molecule has 15 heavy (non-hydrogen) atoms. The molecule has 3 nitrogen and oxygen atoms in total. The van der Waals surface area contributed by atoms with Gasteiger partial charge in [0.2, 0.25) is 0 Å². The van der Waals surface area contributed by atoms with Gasteiger partial charge >= 0.3 is 0 Å². The molecule has 0 bridgehead atoms. The van der Waals surface area contributed by atoms with Crippen LogP contribution in [0.2, 0.25) is 0 Å². The topological polar surface area (TPSA) is 43.8 Å². The molecule has 0 fully saturated rings. The van der Waals surface area contributed by atoms with Crippen LogP contribution in [-0.2, 0) is 13.5 Å². The highest BCUT2D eigenvalue weighted by atomic mass is 79.9. The maximum absolute atomic E-state index is 5.80. The van der Waals surface area contributed by atoms with E-state index in [9.17, 15) is 0 Å². The van der Waals surface area contributed by atoms with Gasteiger partial charge in [-0.1, -0.05) is 15.9 Å². The Morgan fingerprint density at radius 3 is 2.93 bits per heavy atom. The lowest BCUT2D eigenvalue weighted by atomic mass is 10.1. The highest BCUT2D eigenvalue weighted by Crippen LogP contribution is 2.22. The van der Waals surface area contributed by atoms with Crippen molar-refractivity contribution in [2.45, 2.75) is 19.4 Å². The van der Waals surface area contributed by atoms with Crippen molar-refractivity contribution < 1.29 is 0 Å². The standard InChI is InChI=1S/C11H14BrN3/c1-7(13)5-10-9-4-3-8(12)6-11(9)15(2)14-10/h3-4,6-7H,5,13H2,1-2H3. The molecule has 2 N–H and O–H groups in total. The van der Waals surface area contributed by atoms with E-state index in [1.165, 1.54) is 5.39 Å². The third-order valence-corrected chi connectivity index (χ3v) is 2.90. The molecule has 0 saturated heterocycles. The van der Waals surface area contributed by atoms with Crippen molar-refractivity contribution in [2.24, 2.45) is 12.8 Å². The van der Waals surface area contributed by atoms with Gasteiger partial charge in [0.05, 0.1) is 11.2 Å². The predicted molar refractivity (Wildman–Crippen MR) is 65.8 cm³/mol. The van der Waals surface area contributed by atoms with Crippen LogP contribution in [0.15, 0.2) is 22.7 Å². The number of aromatic nitrogens is 2. The molecule has 4 heteroatoms. The molecule has 0 aliphatic carbocycles. The van der Waals surface area contributed by atoms with Crippen LogP contribution in [0.25, 0.3) is 10.9 Å². The van der Waals surface area contributed by atoms with Crippen molar-refractivity contribution >= 4 is 26.8 Å². The van der Waals surface area contributed by atoms with E-state index in [0.717, 1.165) is 22.1 Å². The Bertz CT molecular complexity index is 488. The zero-order valence-electron chi connectivity index (χ0n) is 8.87. The monoisotopic (exact) mass is 267 g/mol. The number of rotatable bonds is 2. The van der Waals surface area contributed by atoms with Crippen LogP contribution in [0, 0.1) is 0 Å². The second kappa shape index (κ2) is 3.94. The van der Waals surface area contributed by atoms with Crippen molar-refractivity contribution in [3.8, 4) is 0 Å². The Labute approximate surface area is 97.4 Å². The number of nitrogens with zero attached hydrogens (tertiary/aromatic N) is 2. The molecule has 2 aromatic rings. The third kappa shape index (κ3) is 2.06. The number of benzene rings is 1. The molecule has 1 heterocycles. The molecular weight excluding hydrogens is 254 g/mol. The van der Waals surface area contributed by atoms with Gasteiger partial charge < -0.3 is 5.73 Å². The summed E-state index contributed by atoms with van der Waals surface area (Å²) in [5.41, 5.74) is 8.01. The lowest BCUT2D eigenvalue weighted by Crippen LogP contribution is -2.18. The Balaban J connectivity index is 2.57. The minimum atomic E-state index is 0.145. The maximum Gasteiger partial charge on any atom is 0.0718 e.